The molecular weight excluding hydrogens is 224 g/mol. The average molecular weight is 232 g/mol. The Labute approximate surface area is 104 Å². The van der Waals surface area contributed by atoms with E-state index in [1.807, 2.05) is 0 Å². The minimum absolute atomic E-state index is 0.339. The van der Waals surface area contributed by atoms with Crippen LogP contribution in [0.4, 0.5) is 0 Å². The molecule has 0 aliphatic heterocycles. The van der Waals surface area contributed by atoms with Gasteiger partial charge in [0.25, 0.3) is 0 Å². The molecule has 0 atom stereocenters. The Kier molecular flexibility index (Phi) is 3.44. The van der Waals surface area contributed by atoms with Crippen molar-refractivity contribution in [3.63, 3.8) is 0 Å². The van der Waals surface area contributed by atoms with Gasteiger partial charge in [-0.25, -0.2) is 0 Å². The molecule has 4 nitrogen and oxygen atoms in total. The zero-order valence-corrected chi connectivity index (χ0v) is 9.41. The summed E-state index contributed by atoms with van der Waals surface area (Å²) in [6, 6.07) is 11.0. The van der Waals surface area contributed by atoms with Crippen LogP contribution in [-0.2, 0) is 0 Å². The standard InChI is InChI=1S/C14H8N4/c15-9-13(11-1-5-17-6-2-11)14(10-16)12-3-7-18-8-4-12/h1-8H/b14-13+. The SMILES string of the molecule is N#C/C(=C(/C#N)c1ccncc1)c1ccncc1. The molecule has 0 fully saturated rings. The van der Waals surface area contributed by atoms with E-state index < -0.39 is 0 Å². The molecule has 0 aliphatic carbocycles. The van der Waals surface area contributed by atoms with Crippen LogP contribution in [0.2, 0.25) is 0 Å². The van der Waals surface area contributed by atoms with Crippen molar-refractivity contribution in [1.29, 1.82) is 10.5 Å². The largest absolute Gasteiger partial charge is 0.265 e. The first kappa shape index (κ1) is 11.5. The topological polar surface area (TPSA) is 73.4 Å². The van der Waals surface area contributed by atoms with E-state index in [1.54, 1.807) is 49.1 Å². The molecule has 0 radical (unpaired) electrons. The molecule has 0 saturated heterocycles. The molecule has 2 aromatic rings. The number of hydrogen-bond donors (Lipinski definition) is 0. The summed E-state index contributed by atoms with van der Waals surface area (Å²) in [5.41, 5.74) is 2.04. The predicted molar refractivity (Wildman–Crippen MR) is 66.5 cm³/mol. The molecule has 4 heteroatoms. The van der Waals surface area contributed by atoms with Gasteiger partial charge in [0.05, 0.1) is 11.1 Å². The van der Waals surface area contributed by atoms with Gasteiger partial charge in [0, 0.05) is 24.8 Å². The zero-order valence-electron chi connectivity index (χ0n) is 9.41. The smallest absolute Gasteiger partial charge is 0.101 e. The fourth-order valence-corrected chi connectivity index (χ4v) is 1.57. The van der Waals surface area contributed by atoms with Crippen molar-refractivity contribution in [2.45, 2.75) is 0 Å². The Morgan fingerprint density at radius 3 is 1.33 bits per heavy atom. The normalized spacial score (nSPS) is 11.0. The first-order chi connectivity index (χ1) is 8.86. The van der Waals surface area contributed by atoms with Crippen molar-refractivity contribution < 1.29 is 0 Å². The lowest BCUT2D eigenvalue weighted by Crippen LogP contribution is -1.90. The second kappa shape index (κ2) is 5.38. The molecule has 0 N–H and O–H groups in total. The number of nitrogens with zero attached hydrogens (tertiary/aromatic N) is 4. The molecular formula is C14H8N4. The Morgan fingerprint density at radius 2 is 1.06 bits per heavy atom. The summed E-state index contributed by atoms with van der Waals surface area (Å²) in [5, 5.41) is 18.5. The van der Waals surface area contributed by atoms with E-state index in [2.05, 4.69) is 22.1 Å². The molecule has 18 heavy (non-hydrogen) atoms. The molecule has 2 rings (SSSR count). The van der Waals surface area contributed by atoms with Crippen LogP contribution in [0.25, 0.3) is 11.1 Å². The number of pyridine rings is 2. The molecule has 0 aromatic carbocycles. The van der Waals surface area contributed by atoms with E-state index in [1.165, 1.54) is 0 Å². The number of rotatable bonds is 2. The predicted octanol–water partition coefficient (Wildman–Crippen LogP) is 2.43. The monoisotopic (exact) mass is 232 g/mol. The molecule has 0 aliphatic rings. The highest BCUT2D eigenvalue weighted by Gasteiger charge is 2.10. The maximum absolute atomic E-state index is 9.25. The Balaban J connectivity index is 2.63. The minimum Gasteiger partial charge on any atom is -0.265 e. The van der Waals surface area contributed by atoms with Crippen LogP contribution in [0.5, 0.6) is 0 Å². The Morgan fingerprint density at radius 1 is 0.722 bits per heavy atom. The highest BCUT2D eigenvalue weighted by atomic mass is 14.6. The van der Waals surface area contributed by atoms with Gasteiger partial charge in [0.15, 0.2) is 0 Å². The third kappa shape index (κ3) is 2.23. The Bertz CT molecular complexity index is 586. The van der Waals surface area contributed by atoms with Gasteiger partial charge in [-0.2, -0.15) is 10.5 Å². The van der Waals surface area contributed by atoms with Gasteiger partial charge in [0.1, 0.15) is 12.1 Å². The van der Waals surface area contributed by atoms with Gasteiger partial charge in [-0.15, -0.1) is 0 Å². The number of allylic oxidation sites excluding steroid dienone is 2. The van der Waals surface area contributed by atoms with Crippen molar-refractivity contribution in [2.75, 3.05) is 0 Å². The summed E-state index contributed by atoms with van der Waals surface area (Å²) in [7, 11) is 0. The van der Waals surface area contributed by atoms with Gasteiger partial charge >= 0.3 is 0 Å². The highest BCUT2D eigenvalue weighted by molar-refractivity contribution is 6.02. The van der Waals surface area contributed by atoms with Gasteiger partial charge in [0.2, 0.25) is 0 Å². The average Bonchev–Trinajstić information content (AvgIpc) is 2.46. The molecule has 0 saturated carbocycles. The summed E-state index contributed by atoms with van der Waals surface area (Å²) in [6.45, 7) is 0. The maximum atomic E-state index is 9.25. The van der Waals surface area contributed by atoms with Gasteiger partial charge < -0.3 is 0 Å². The lowest BCUT2D eigenvalue weighted by atomic mass is 9.98. The summed E-state index contributed by atoms with van der Waals surface area (Å²) in [5.74, 6) is 0. The van der Waals surface area contributed by atoms with E-state index in [0.717, 1.165) is 0 Å². The summed E-state index contributed by atoms with van der Waals surface area (Å²) < 4.78 is 0. The minimum atomic E-state index is 0.339. The van der Waals surface area contributed by atoms with E-state index >= 15 is 0 Å². The molecule has 84 valence electrons. The molecule has 2 aromatic heterocycles. The fourth-order valence-electron chi connectivity index (χ4n) is 1.57. The van der Waals surface area contributed by atoms with Crippen molar-refractivity contribution >= 4 is 11.1 Å². The Hall–Kier alpha value is -2.98. The van der Waals surface area contributed by atoms with Crippen LogP contribution in [0.3, 0.4) is 0 Å². The second-order valence-electron chi connectivity index (χ2n) is 3.45. The third-order valence-electron chi connectivity index (χ3n) is 2.41. The van der Waals surface area contributed by atoms with Crippen LogP contribution in [-0.4, -0.2) is 9.97 Å². The quantitative estimate of drug-likeness (QED) is 0.745. The molecule has 0 bridgehead atoms. The van der Waals surface area contributed by atoms with Crippen LogP contribution in [0, 0.1) is 22.7 Å². The third-order valence-corrected chi connectivity index (χ3v) is 2.41. The fraction of sp³-hybridized carbons (Fsp3) is 0. The number of nitriles is 2. The number of hydrogen-bond acceptors (Lipinski definition) is 4. The van der Waals surface area contributed by atoms with Crippen LogP contribution >= 0.6 is 0 Å². The zero-order chi connectivity index (χ0) is 12.8. The van der Waals surface area contributed by atoms with Crippen LogP contribution in [0.1, 0.15) is 11.1 Å². The second-order valence-corrected chi connectivity index (χ2v) is 3.45. The van der Waals surface area contributed by atoms with Crippen molar-refractivity contribution in [1.82, 2.24) is 9.97 Å². The summed E-state index contributed by atoms with van der Waals surface area (Å²) in [4.78, 5) is 7.79. The van der Waals surface area contributed by atoms with Gasteiger partial charge in [-0.3, -0.25) is 9.97 Å². The van der Waals surface area contributed by atoms with Crippen LogP contribution < -0.4 is 0 Å². The van der Waals surface area contributed by atoms with Crippen LogP contribution in [0.15, 0.2) is 49.1 Å². The van der Waals surface area contributed by atoms with Gasteiger partial charge in [-0.05, 0) is 35.4 Å². The molecule has 2 heterocycles. The summed E-state index contributed by atoms with van der Waals surface area (Å²) >= 11 is 0. The van der Waals surface area contributed by atoms with E-state index in [4.69, 9.17) is 0 Å². The lowest BCUT2D eigenvalue weighted by Gasteiger charge is -2.03. The maximum Gasteiger partial charge on any atom is 0.101 e. The summed E-state index contributed by atoms with van der Waals surface area (Å²) in [6.07, 6.45) is 6.37. The van der Waals surface area contributed by atoms with E-state index in [9.17, 15) is 10.5 Å². The molecule has 0 amide bonds. The molecule has 0 spiro atoms. The van der Waals surface area contributed by atoms with Crippen molar-refractivity contribution in [2.24, 2.45) is 0 Å². The first-order valence-corrected chi connectivity index (χ1v) is 5.22. The van der Waals surface area contributed by atoms with E-state index in [0.29, 0.717) is 22.3 Å². The number of aromatic nitrogens is 2. The lowest BCUT2D eigenvalue weighted by molar-refractivity contribution is 1.31. The van der Waals surface area contributed by atoms with Crippen molar-refractivity contribution in [3.8, 4) is 12.1 Å². The highest BCUT2D eigenvalue weighted by Crippen LogP contribution is 2.24. The van der Waals surface area contributed by atoms with Gasteiger partial charge in [-0.1, -0.05) is 0 Å². The first-order valence-electron chi connectivity index (χ1n) is 5.22. The molecule has 0 unspecified atom stereocenters. The van der Waals surface area contributed by atoms with Crippen molar-refractivity contribution in [3.05, 3.63) is 60.2 Å². The van der Waals surface area contributed by atoms with E-state index in [-0.39, 0.29) is 0 Å².